The summed E-state index contributed by atoms with van der Waals surface area (Å²) in [5.41, 5.74) is 5.24. The van der Waals surface area contributed by atoms with Crippen LogP contribution in [0.4, 0.5) is 4.79 Å². The molecule has 0 spiro atoms. The van der Waals surface area contributed by atoms with Gasteiger partial charge in [0, 0.05) is 19.1 Å². The van der Waals surface area contributed by atoms with Crippen molar-refractivity contribution in [1.82, 2.24) is 10.2 Å². The molecule has 1 atom stereocenters. The van der Waals surface area contributed by atoms with Crippen molar-refractivity contribution >= 4 is 12.0 Å². The molecule has 0 bridgehead atoms. The predicted molar refractivity (Wildman–Crippen MR) is 68.2 cm³/mol. The number of likely N-dealkylation sites (tertiary alicyclic amines) is 1. The van der Waals surface area contributed by atoms with E-state index in [9.17, 15) is 9.59 Å². The molecule has 0 saturated carbocycles. The van der Waals surface area contributed by atoms with Gasteiger partial charge in [0.25, 0.3) is 0 Å². The lowest BCUT2D eigenvalue weighted by Gasteiger charge is -2.34. The second-order valence-corrected chi connectivity index (χ2v) is 5.91. The quantitative estimate of drug-likeness (QED) is 0.675. The maximum absolute atomic E-state index is 12.0. The van der Waals surface area contributed by atoms with E-state index in [0.717, 1.165) is 12.8 Å². The third-order valence-corrected chi connectivity index (χ3v) is 3.21. The summed E-state index contributed by atoms with van der Waals surface area (Å²) in [6.45, 7) is 6.54. The number of piperidine rings is 1. The first-order chi connectivity index (χ1) is 8.21. The summed E-state index contributed by atoms with van der Waals surface area (Å²) in [6, 6.07) is -1.06. The molecular weight excluding hydrogens is 234 g/mol. The zero-order valence-corrected chi connectivity index (χ0v) is 11.3. The molecule has 0 aromatic rings. The summed E-state index contributed by atoms with van der Waals surface area (Å²) < 4.78 is 0. The summed E-state index contributed by atoms with van der Waals surface area (Å²) in [7, 11) is 0. The Morgan fingerprint density at radius 1 is 1.33 bits per heavy atom. The Hall–Kier alpha value is -1.30. The van der Waals surface area contributed by atoms with Gasteiger partial charge < -0.3 is 21.1 Å². The van der Waals surface area contributed by atoms with Crippen LogP contribution in [0.1, 0.15) is 33.6 Å². The second-order valence-electron chi connectivity index (χ2n) is 5.91. The molecule has 104 valence electrons. The van der Waals surface area contributed by atoms with Gasteiger partial charge in [0.2, 0.25) is 0 Å². The van der Waals surface area contributed by atoms with Crippen molar-refractivity contribution in [2.24, 2.45) is 11.1 Å². The second kappa shape index (κ2) is 5.56. The number of carbonyl (C=O) groups excluding carboxylic acids is 1. The molecule has 1 aliphatic rings. The number of carbonyl (C=O) groups is 2. The van der Waals surface area contributed by atoms with Crippen LogP contribution < -0.4 is 11.1 Å². The molecule has 0 aromatic carbocycles. The number of nitrogens with one attached hydrogen (secondary N) is 1. The van der Waals surface area contributed by atoms with Crippen molar-refractivity contribution in [2.45, 2.75) is 45.7 Å². The lowest BCUT2D eigenvalue weighted by Crippen LogP contribution is -2.55. The largest absolute Gasteiger partial charge is 0.480 e. The van der Waals surface area contributed by atoms with Crippen molar-refractivity contribution in [2.75, 3.05) is 13.1 Å². The average molecular weight is 257 g/mol. The van der Waals surface area contributed by atoms with Crippen LogP contribution >= 0.6 is 0 Å². The number of carboxylic acids is 1. The van der Waals surface area contributed by atoms with E-state index >= 15 is 0 Å². The summed E-state index contributed by atoms with van der Waals surface area (Å²) in [5.74, 6) is -1.01. The highest BCUT2D eigenvalue weighted by Gasteiger charge is 2.34. The molecule has 4 N–H and O–H groups in total. The zero-order chi connectivity index (χ0) is 13.9. The minimum Gasteiger partial charge on any atom is -0.480 e. The number of amides is 2. The topological polar surface area (TPSA) is 95.7 Å². The van der Waals surface area contributed by atoms with Gasteiger partial charge in [0.1, 0.15) is 6.04 Å². The van der Waals surface area contributed by atoms with E-state index in [1.54, 1.807) is 25.7 Å². The number of rotatable bonds is 2. The fraction of sp³-hybridized carbons (Fsp3) is 0.833. The van der Waals surface area contributed by atoms with Gasteiger partial charge >= 0.3 is 12.0 Å². The first-order valence-electron chi connectivity index (χ1n) is 6.25. The lowest BCUT2D eigenvalue weighted by molar-refractivity contribution is -0.142. The van der Waals surface area contributed by atoms with Crippen LogP contribution in [-0.4, -0.2) is 47.2 Å². The summed E-state index contributed by atoms with van der Waals surface area (Å²) in [4.78, 5) is 24.8. The van der Waals surface area contributed by atoms with Crippen LogP contribution in [0, 0.1) is 5.41 Å². The lowest BCUT2D eigenvalue weighted by atomic mass is 9.87. The molecule has 0 unspecified atom stereocenters. The Bertz CT molecular complexity index is 317. The van der Waals surface area contributed by atoms with Crippen LogP contribution in [0.2, 0.25) is 0 Å². The molecule has 0 aliphatic carbocycles. The number of aliphatic carboxylic acids is 1. The Morgan fingerprint density at radius 2 is 1.83 bits per heavy atom. The van der Waals surface area contributed by atoms with Gasteiger partial charge in [-0.25, -0.2) is 9.59 Å². The fourth-order valence-corrected chi connectivity index (χ4v) is 1.97. The molecule has 1 heterocycles. The SMILES string of the molecule is CC(C)(C)[C@@H](NC(=O)N1CCC(N)CC1)C(=O)O. The van der Waals surface area contributed by atoms with E-state index in [1.165, 1.54) is 0 Å². The number of urea groups is 1. The Balaban J connectivity index is 2.59. The monoisotopic (exact) mass is 257 g/mol. The Morgan fingerprint density at radius 3 is 2.22 bits per heavy atom. The number of nitrogens with zero attached hydrogens (tertiary/aromatic N) is 1. The Labute approximate surface area is 108 Å². The van der Waals surface area contributed by atoms with Crippen molar-refractivity contribution < 1.29 is 14.7 Å². The van der Waals surface area contributed by atoms with Crippen molar-refractivity contribution in [3.63, 3.8) is 0 Å². The third-order valence-electron chi connectivity index (χ3n) is 3.21. The number of carboxylic acid groups (broad SMARTS) is 1. The van der Waals surface area contributed by atoms with E-state index in [1.807, 2.05) is 0 Å². The number of hydrogen-bond donors (Lipinski definition) is 3. The van der Waals surface area contributed by atoms with Crippen LogP contribution in [0.3, 0.4) is 0 Å². The van der Waals surface area contributed by atoms with Gasteiger partial charge in [0.05, 0.1) is 0 Å². The first-order valence-corrected chi connectivity index (χ1v) is 6.25. The van der Waals surface area contributed by atoms with E-state index in [0.29, 0.717) is 13.1 Å². The van der Waals surface area contributed by atoms with E-state index in [2.05, 4.69) is 5.32 Å². The highest BCUT2D eigenvalue weighted by atomic mass is 16.4. The van der Waals surface area contributed by atoms with Crippen molar-refractivity contribution in [3.8, 4) is 0 Å². The minimum atomic E-state index is -1.01. The predicted octanol–water partition coefficient (Wildman–Crippen LogP) is 0.618. The van der Waals surface area contributed by atoms with Gasteiger partial charge in [-0.15, -0.1) is 0 Å². The highest BCUT2D eigenvalue weighted by Crippen LogP contribution is 2.20. The summed E-state index contributed by atoms with van der Waals surface area (Å²) in [5, 5.41) is 11.7. The van der Waals surface area contributed by atoms with E-state index in [-0.39, 0.29) is 12.1 Å². The average Bonchev–Trinajstić information content (AvgIpc) is 2.24. The molecule has 1 saturated heterocycles. The fourth-order valence-electron chi connectivity index (χ4n) is 1.97. The standard InChI is InChI=1S/C12H23N3O3/c1-12(2,3)9(10(16)17)14-11(18)15-6-4-8(13)5-7-15/h8-9H,4-7,13H2,1-3H3,(H,14,18)(H,16,17)/t9-/m0/s1. The van der Waals surface area contributed by atoms with Gasteiger partial charge in [-0.05, 0) is 18.3 Å². The van der Waals surface area contributed by atoms with Gasteiger partial charge in [-0.3, -0.25) is 0 Å². The number of nitrogens with two attached hydrogens (primary N) is 1. The molecular formula is C12H23N3O3. The van der Waals surface area contributed by atoms with Crippen LogP contribution in [-0.2, 0) is 4.79 Å². The molecule has 0 radical (unpaired) electrons. The van der Waals surface area contributed by atoms with E-state index in [4.69, 9.17) is 10.8 Å². The molecule has 6 heteroatoms. The minimum absolute atomic E-state index is 0.145. The first kappa shape index (κ1) is 14.8. The molecule has 2 amide bonds. The molecule has 6 nitrogen and oxygen atoms in total. The van der Waals surface area contributed by atoms with E-state index < -0.39 is 17.4 Å². The van der Waals surface area contributed by atoms with Gasteiger partial charge in [0.15, 0.2) is 0 Å². The van der Waals surface area contributed by atoms with Crippen LogP contribution in [0.5, 0.6) is 0 Å². The summed E-state index contributed by atoms with van der Waals surface area (Å²) in [6.07, 6.45) is 1.53. The molecule has 18 heavy (non-hydrogen) atoms. The maximum atomic E-state index is 12.0. The van der Waals surface area contributed by atoms with Crippen LogP contribution in [0.15, 0.2) is 0 Å². The molecule has 1 fully saturated rings. The number of hydrogen-bond acceptors (Lipinski definition) is 3. The molecule has 1 aliphatic heterocycles. The maximum Gasteiger partial charge on any atom is 0.326 e. The van der Waals surface area contributed by atoms with Crippen molar-refractivity contribution in [3.05, 3.63) is 0 Å². The highest BCUT2D eigenvalue weighted by molar-refractivity contribution is 5.83. The molecule has 1 rings (SSSR count). The van der Waals surface area contributed by atoms with Crippen molar-refractivity contribution in [1.29, 1.82) is 0 Å². The zero-order valence-electron chi connectivity index (χ0n) is 11.3. The molecule has 0 aromatic heterocycles. The van der Waals surface area contributed by atoms with Gasteiger partial charge in [-0.2, -0.15) is 0 Å². The normalized spacial score (nSPS) is 19.4. The Kier molecular flexibility index (Phi) is 4.56. The smallest absolute Gasteiger partial charge is 0.326 e. The summed E-state index contributed by atoms with van der Waals surface area (Å²) >= 11 is 0. The van der Waals surface area contributed by atoms with Crippen LogP contribution in [0.25, 0.3) is 0 Å². The third kappa shape index (κ3) is 3.87. The van der Waals surface area contributed by atoms with Gasteiger partial charge in [-0.1, -0.05) is 20.8 Å².